The fourth-order valence-corrected chi connectivity index (χ4v) is 5.32. The maximum Gasteiger partial charge on any atom is 0.0401 e. The van der Waals surface area contributed by atoms with Crippen molar-refractivity contribution in [2.75, 3.05) is 33.2 Å². The number of hydrogen-bond acceptors (Lipinski definition) is 3. The van der Waals surface area contributed by atoms with Gasteiger partial charge in [0.25, 0.3) is 0 Å². The highest BCUT2D eigenvalue weighted by atomic mass is 79.9. The van der Waals surface area contributed by atoms with E-state index >= 15 is 0 Å². The van der Waals surface area contributed by atoms with Crippen molar-refractivity contribution in [2.24, 2.45) is 0 Å². The number of piperazine rings is 1. The van der Waals surface area contributed by atoms with Crippen molar-refractivity contribution in [1.29, 1.82) is 0 Å². The lowest BCUT2D eigenvalue weighted by molar-refractivity contribution is 0.110. The minimum absolute atomic E-state index is 0.479. The number of likely N-dealkylation sites (N-methyl/N-ethyl adjacent to an activating group) is 1. The highest BCUT2D eigenvalue weighted by Crippen LogP contribution is 2.45. The van der Waals surface area contributed by atoms with E-state index in [9.17, 15) is 0 Å². The van der Waals surface area contributed by atoms with Gasteiger partial charge in [-0.2, -0.15) is 0 Å². The van der Waals surface area contributed by atoms with Crippen LogP contribution < -0.4 is 0 Å². The smallest absolute Gasteiger partial charge is 0.0401 e. The fraction of sp³-hybridized carbons (Fsp3) is 0.368. The molecule has 0 bridgehead atoms. The molecule has 2 nitrogen and oxygen atoms in total. The number of nitrogens with zero attached hydrogens (tertiary/aromatic N) is 2. The van der Waals surface area contributed by atoms with E-state index < -0.39 is 0 Å². The van der Waals surface area contributed by atoms with Gasteiger partial charge in [-0.1, -0.05) is 42.1 Å². The summed E-state index contributed by atoms with van der Waals surface area (Å²) < 4.78 is 1.22. The summed E-state index contributed by atoms with van der Waals surface area (Å²) in [5.74, 6) is 0. The summed E-state index contributed by atoms with van der Waals surface area (Å²) in [6.07, 6.45) is 1.11. The van der Waals surface area contributed by atoms with Crippen molar-refractivity contribution in [3.63, 3.8) is 0 Å². The molecule has 0 aromatic heterocycles. The molecule has 23 heavy (non-hydrogen) atoms. The van der Waals surface area contributed by atoms with Crippen LogP contribution in [0.4, 0.5) is 0 Å². The van der Waals surface area contributed by atoms with Crippen molar-refractivity contribution >= 4 is 27.7 Å². The second kappa shape index (κ2) is 6.60. The highest BCUT2D eigenvalue weighted by Gasteiger charge is 2.29. The van der Waals surface area contributed by atoms with Gasteiger partial charge in [-0.25, -0.2) is 0 Å². The summed E-state index contributed by atoms with van der Waals surface area (Å²) in [5.41, 5.74) is 2.95. The lowest BCUT2D eigenvalue weighted by Gasteiger charge is -2.38. The quantitative estimate of drug-likeness (QED) is 0.712. The Kier molecular flexibility index (Phi) is 4.50. The average molecular weight is 389 g/mol. The zero-order valence-electron chi connectivity index (χ0n) is 13.3. The molecular formula is C19H21BrN2S. The van der Waals surface area contributed by atoms with Crippen LogP contribution in [0, 0.1) is 0 Å². The molecule has 2 heterocycles. The number of halogens is 1. The SMILES string of the molecule is CN1CCN(C2Cc3ccccc3Sc3c(Br)cccc32)CC1. The molecule has 0 N–H and O–H groups in total. The normalized spacial score (nSPS) is 22.3. The number of hydrogen-bond donors (Lipinski definition) is 0. The summed E-state index contributed by atoms with van der Waals surface area (Å²) in [7, 11) is 2.22. The van der Waals surface area contributed by atoms with Crippen molar-refractivity contribution < 1.29 is 0 Å². The first-order chi connectivity index (χ1) is 11.2. The number of rotatable bonds is 1. The molecule has 2 aromatic rings. The van der Waals surface area contributed by atoms with Gasteiger partial charge in [-0.05, 0) is 52.7 Å². The zero-order valence-corrected chi connectivity index (χ0v) is 15.7. The third kappa shape index (κ3) is 3.10. The first-order valence-corrected chi connectivity index (χ1v) is 9.80. The third-order valence-electron chi connectivity index (χ3n) is 4.93. The molecule has 1 unspecified atom stereocenters. The van der Waals surface area contributed by atoms with E-state index in [1.807, 2.05) is 11.8 Å². The molecule has 4 rings (SSSR count). The molecule has 0 amide bonds. The van der Waals surface area contributed by atoms with Crippen molar-refractivity contribution in [2.45, 2.75) is 22.3 Å². The van der Waals surface area contributed by atoms with Crippen LogP contribution >= 0.6 is 27.7 Å². The fourth-order valence-electron chi connectivity index (χ4n) is 3.56. The Morgan fingerprint density at radius 3 is 2.61 bits per heavy atom. The predicted molar refractivity (Wildman–Crippen MR) is 100 cm³/mol. The second-order valence-electron chi connectivity index (χ2n) is 6.43. The van der Waals surface area contributed by atoms with E-state index in [-0.39, 0.29) is 0 Å². The van der Waals surface area contributed by atoms with Crippen LogP contribution in [0.3, 0.4) is 0 Å². The van der Waals surface area contributed by atoms with E-state index in [4.69, 9.17) is 0 Å². The highest BCUT2D eigenvalue weighted by molar-refractivity contribution is 9.10. The average Bonchev–Trinajstić information content (AvgIpc) is 2.73. The van der Waals surface area contributed by atoms with Crippen molar-refractivity contribution in [3.8, 4) is 0 Å². The molecule has 2 aliphatic heterocycles. The molecule has 0 aliphatic carbocycles. The molecule has 0 spiro atoms. The van der Waals surface area contributed by atoms with Gasteiger partial charge in [0.05, 0.1) is 0 Å². The maximum atomic E-state index is 3.78. The predicted octanol–water partition coefficient (Wildman–Crippen LogP) is 4.44. The first-order valence-electron chi connectivity index (χ1n) is 8.19. The molecule has 2 aliphatic rings. The van der Waals surface area contributed by atoms with Gasteiger partial charge in [-0.3, -0.25) is 4.90 Å². The molecule has 4 heteroatoms. The Bertz CT molecular complexity index is 710. The topological polar surface area (TPSA) is 6.48 Å². The van der Waals surface area contributed by atoms with Crippen LogP contribution in [-0.2, 0) is 6.42 Å². The van der Waals surface area contributed by atoms with E-state index in [1.54, 1.807) is 0 Å². The molecule has 1 saturated heterocycles. The Hall–Kier alpha value is -0.810. The van der Waals surface area contributed by atoms with Crippen LogP contribution in [0.25, 0.3) is 0 Å². The van der Waals surface area contributed by atoms with Gasteiger partial charge in [0.1, 0.15) is 0 Å². The summed E-state index contributed by atoms with van der Waals surface area (Å²) >= 11 is 5.70. The van der Waals surface area contributed by atoms with Crippen LogP contribution in [0.5, 0.6) is 0 Å². The van der Waals surface area contributed by atoms with Gasteiger partial charge in [-0.15, -0.1) is 0 Å². The largest absolute Gasteiger partial charge is 0.304 e. The van der Waals surface area contributed by atoms with Gasteiger partial charge in [0, 0.05) is 46.5 Å². The molecular weight excluding hydrogens is 368 g/mol. The van der Waals surface area contributed by atoms with Gasteiger partial charge < -0.3 is 4.90 Å². The van der Waals surface area contributed by atoms with Gasteiger partial charge in [0.2, 0.25) is 0 Å². The van der Waals surface area contributed by atoms with E-state index in [0.717, 1.165) is 32.6 Å². The zero-order chi connectivity index (χ0) is 15.8. The Labute approximate surface area is 151 Å². The minimum atomic E-state index is 0.479. The minimum Gasteiger partial charge on any atom is -0.304 e. The van der Waals surface area contributed by atoms with Crippen molar-refractivity contribution in [3.05, 3.63) is 58.1 Å². The Morgan fingerprint density at radius 1 is 1.00 bits per heavy atom. The Balaban J connectivity index is 1.77. The molecule has 1 fully saturated rings. The van der Waals surface area contributed by atoms with Crippen LogP contribution in [0.1, 0.15) is 17.2 Å². The standard InChI is InChI=1S/C19H21BrN2S/c1-21-9-11-22(12-10-21)17-13-14-5-2-3-8-18(14)23-19-15(17)6-4-7-16(19)20/h2-8,17H,9-13H2,1H3. The van der Waals surface area contributed by atoms with Crippen molar-refractivity contribution in [1.82, 2.24) is 9.80 Å². The summed E-state index contributed by atoms with van der Waals surface area (Å²) in [6.45, 7) is 4.63. The van der Waals surface area contributed by atoms with Crippen LogP contribution in [0.15, 0.2) is 56.7 Å². The van der Waals surface area contributed by atoms with Crippen LogP contribution in [-0.4, -0.2) is 43.0 Å². The number of benzene rings is 2. The summed E-state index contributed by atoms with van der Waals surface area (Å²) in [5, 5.41) is 0. The van der Waals surface area contributed by atoms with Gasteiger partial charge in [0.15, 0.2) is 0 Å². The molecule has 1 atom stereocenters. The van der Waals surface area contributed by atoms with Crippen LogP contribution in [0.2, 0.25) is 0 Å². The maximum absolute atomic E-state index is 3.78. The van der Waals surface area contributed by atoms with E-state index in [0.29, 0.717) is 6.04 Å². The third-order valence-corrected chi connectivity index (χ3v) is 7.13. The molecule has 0 saturated carbocycles. The molecule has 2 aromatic carbocycles. The monoisotopic (exact) mass is 388 g/mol. The lowest BCUT2D eigenvalue weighted by atomic mass is 9.96. The van der Waals surface area contributed by atoms with E-state index in [1.165, 1.54) is 25.4 Å². The van der Waals surface area contributed by atoms with Gasteiger partial charge >= 0.3 is 0 Å². The molecule has 120 valence electrons. The second-order valence-corrected chi connectivity index (χ2v) is 8.33. The Morgan fingerprint density at radius 2 is 1.78 bits per heavy atom. The lowest BCUT2D eigenvalue weighted by Crippen LogP contribution is -2.46. The summed E-state index contributed by atoms with van der Waals surface area (Å²) in [6, 6.07) is 16.0. The van der Waals surface area contributed by atoms with E-state index in [2.05, 4.69) is 75.2 Å². The summed E-state index contributed by atoms with van der Waals surface area (Å²) in [4.78, 5) is 7.89. The number of fused-ring (bicyclic) bond motifs is 2. The first kappa shape index (κ1) is 15.7. The molecule has 0 radical (unpaired) electrons.